The van der Waals surface area contributed by atoms with E-state index < -0.39 is 0 Å². The first kappa shape index (κ1) is 10.6. The fraction of sp³-hybridized carbons (Fsp3) is 0.727. The Kier molecular flexibility index (Phi) is 3.07. The second kappa shape index (κ2) is 4.33. The van der Waals surface area contributed by atoms with Crippen LogP contribution in [0.3, 0.4) is 0 Å². The van der Waals surface area contributed by atoms with E-state index in [0.29, 0.717) is 18.6 Å². The number of rotatable bonds is 3. The van der Waals surface area contributed by atoms with Crippen LogP contribution in [0.4, 0.5) is 0 Å². The predicted octanol–water partition coefficient (Wildman–Crippen LogP) is 1.68. The Morgan fingerprint density at radius 1 is 1.67 bits per heavy atom. The van der Waals surface area contributed by atoms with E-state index >= 15 is 0 Å². The van der Waals surface area contributed by atoms with Gasteiger partial charge in [0.15, 0.2) is 0 Å². The van der Waals surface area contributed by atoms with Crippen molar-refractivity contribution in [2.24, 2.45) is 5.73 Å². The fourth-order valence-electron chi connectivity index (χ4n) is 2.24. The minimum atomic E-state index is 0.352. The molecule has 2 heterocycles. The zero-order valence-electron chi connectivity index (χ0n) is 9.44. The molecule has 4 nitrogen and oxygen atoms in total. The van der Waals surface area contributed by atoms with Gasteiger partial charge in [-0.3, -0.25) is 4.90 Å². The Morgan fingerprint density at radius 2 is 2.47 bits per heavy atom. The van der Waals surface area contributed by atoms with Crippen LogP contribution in [0.5, 0.6) is 0 Å². The van der Waals surface area contributed by atoms with Crippen molar-refractivity contribution < 1.29 is 4.42 Å². The number of oxazole rings is 1. The van der Waals surface area contributed by atoms with Crippen LogP contribution in [0.1, 0.15) is 44.3 Å². The molecule has 0 bridgehead atoms. The quantitative estimate of drug-likeness (QED) is 0.823. The second-order valence-electron chi connectivity index (χ2n) is 4.37. The molecule has 0 spiro atoms. The van der Waals surface area contributed by atoms with E-state index in [1.54, 1.807) is 6.26 Å². The fourth-order valence-corrected chi connectivity index (χ4v) is 2.24. The molecule has 0 aliphatic carbocycles. The Morgan fingerprint density at radius 3 is 3.07 bits per heavy atom. The lowest BCUT2D eigenvalue weighted by molar-refractivity contribution is 0.179. The summed E-state index contributed by atoms with van der Waals surface area (Å²) in [5.74, 6) is 0.835. The Bertz CT molecular complexity index is 321. The van der Waals surface area contributed by atoms with Crippen molar-refractivity contribution in [3.05, 3.63) is 17.8 Å². The van der Waals surface area contributed by atoms with E-state index in [1.165, 1.54) is 6.42 Å². The summed E-state index contributed by atoms with van der Waals surface area (Å²) >= 11 is 0. The van der Waals surface area contributed by atoms with Crippen LogP contribution < -0.4 is 5.73 Å². The Balaban J connectivity index is 2.15. The SMILES string of the molecule is CC(C)N1CCCC1c1nc(CN)co1. The molecule has 1 fully saturated rings. The summed E-state index contributed by atoms with van der Waals surface area (Å²) in [5.41, 5.74) is 6.37. The maximum Gasteiger partial charge on any atom is 0.211 e. The molecule has 4 heteroatoms. The highest BCUT2D eigenvalue weighted by molar-refractivity contribution is 5.02. The molecule has 0 saturated carbocycles. The molecule has 1 aliphatic rings. The minimum absolute atomic E-state index is 0.352. The molecule has 1 atom stereocenters. The van der Waals surface area contributed by atoms with Crippen LogP contribution in [-0.2, 0) is 6.54 Å². The van der Waals surface area contributed by atoms with E-state index in [2.05, 4.69) is 23.7 Å². The normalized spacial score (nSPS) is 22.8. The van der Waals surface area contributed by atoms with Gasteiger partial charge in [0.25, 0.3) is 0 Å². The maximum absolute atomic E-state index is 5.52. The van der Waals surface area contributed by atoms with Gasteiger partial charge < -0.3 is 10.2 Å². The third-order valence-electron chi connectivity index (χ3n) is 3.02. The zero-order valence-corrected chi connectivity index (χ0v) is 9.44. The average molecular weight is 209 g/mol. The van der Waals surface area contributed by atoms with E-state index in [9.17, 15) is 0 Å². The maximum atomic E-state index is 5.52. The topological polar surface area (TPSA) is 55.3 Å². The largest absolute Gasteiger partial charge is 0.447 e. The monoisotopic (exact) mass is 209 g/mol. The number of hydrogen-bond donors (Lipinski definition) is 1. The van der Waals surface area contributed by atoms with Gasteiger partial charge in [0.2, 0.25) is 5.89 Å². The first-order valence-corrected chi connectivity index (χ1v) is 5.62. The summed E-state index contributed by atoms with van der Waals surface area (Å²) in [6.45, 7) is 6.02. The predicted molar refractivity (Wildman–Crippen MR) is 58.2 cm³/mol. The van der Waals surface area contributed by atoms with Crippen molar-refractivity contribution >= 4 is 0 Å². The molecule has 0 radical (unpaired) electrons. The Hall–Kier alpha value is -0.870. The average Bonchev–Trinajstić information content (AvgIpc) is 2.85. The lowest BCUT2D eigenvalue weighted by Gasteiger charge is -2.25. The molecule has 1 aliphatic heterocycles. The van der Waals surface area contributed by atoms with Crippen LogP contribution in [0, 0.1) is 0 Å². The van der Waals surface area contributed by atoms with Crippen LogP contribution in [-0.4, -0.2) is 22.5 Å². The van der Waals surface area contributed by atoms with Gasteiger partial charge in [-0.25, -0.2) is 4.98 Å². The van der Waals surface area contributed by atoms with Crippen molar-refractivity contribution in [3.8, 4) is 0 Å². The minimum Gasteiger partial charge on any atom is -0.447 e. The van der Waals surface area contributed by atoms with Crippen molar-refractivity contribution in [2.45, 2.75) is 45.3 Å². The molecular weight excluding hydrogens is 190 g/mol. The molecule has 2 rings (SSSR count). The zero-order chi connectivity index (χ0) is 10.8. The van der Waals surface area contributed by atoms with Gasteiger partial charge in [-0.1, -0.05) is 0 Å². The van der Waals surface area contributed by atoms with Crippen LogP contribution in [0.25, 0.3) is 0 Å². The van der Waals surface area contributed by atoms with E-state index in [1.807, 2.05) is 0 Å². The number of likely N-dealkylation sites (tertiary alicyclic amines) is 1. The lowest BCUT2D eigenvalue weighted by Crippen LogP contribution is -2.30. The van der Waals surface area contributed by atoms with Crippen LogP contribution in [0.15, 0.2) is 10.7 Å². The molecule has 1 aromatic heterocycles. The molecule has 2 N–H and O–H groups in total. The molecule has 1 saturated heterocycles. The van der Waals surface area contributed by atoms with E-state index in [-0.39, 0.29) is 0 Å². The molecule has 0 amide bonds. The summed E-state index contributed by atoms with van der Waals surface area (Å²) in [6, 6.07) is 0.899. The highest BCUT2D eigenvalue weighted by Crippen LogP contribution is 2.32. The third kappa shape index (κ3) is 2.06. The first-order valence-electron chi connectivity index (χ1n) is 5.62. The number of hydrogen-bond acceptors (Lipinski definition) is 4. The lowest BCUT2D eigenvalue weighted by atomic mass is 10.2. The summed E-state index contributed by atoms with van der Waals surface area (Å²) in [5, 5.41) is 0. The standard InChI is InChI=1S/C11H19N3O/c1-8(2)14-5-3-4-10(14)11-13-9(6-12)7-15-11/h7-8,10H,3-6,12H2,1-2H3. The number of nitrogens with two attached hydrogens (primary N) is 1. The summed E-state index contributed by atoms with van der Waals surface area (Å²) < 4.78 is 5.49. The molecule has 0 aromatic carbocycles. The van der Waals surface area contributed by atoms with Gasteiger partial charge in [-0.05, 0) is 33.2 Å². The number of nitrogens with zero attached hydrogens (tertiary/aromatic N) is 2. The van der Waals surface area contributed by atoms with Crippen molar-refractivity contribution in [3.63, 3.8) is 0 Å². The molecule has 1 aromatic rings. The molecule has 15 heavy (non-hydrogen) atoms. The van der Waals surface area contributed by atoms with Gasteiger partial charge >= 0.3 is 0 Å². The first-order chi connectivity index (χ1) is 7.22. The highest BCUT2D eigenvalue weighted by atomic mass is 16.3. The summed E-state index contributed by atoms with van der Waals surface area (Å²) in [4.78, 5) is 6.85. The van der Waals surface area contributed by atoms with Crippen molar-refractivity contribution in [1.82, 2.24) is 9.88 Å². The highest BCUT2D eigenvalue weighted by Gasteiger charge is 2.31. The smallest absolute Gasteiger partial charge is 0.211 e. The third-order valence-corrected chi connectivity index (χ3v) is 3.02. The van der Waals surface area contributed by atoms with E-state index in [4.69, 9.17) is 10.2 Å². The summed E-state index contributed by atoms with van der Waals surface area (Å²) in [6.07, 6.45) is 4.04. The van der Waals surface area contributed by atoms with Crippen molar-refractivity contribution in [1.29, 1.82) is 0 Å². The Labute approximate surface area is 90.5 Å². The van der Waals surface area contributed by atoms with Gasteiger partial charge in [0.05, 0.1) is 11.7 Å². The van der Waals surface area contributed by atoms with Gasteiger partial charge in [0, 0.05) is 12.6 Å². The summed E-state index contributed by atoms with van der Waals surface area (Å²) in [7, 11) is 0. The van der Waals surface area contributed by atoms with E-state index in [0.717, 1.165) is 24.6 Å². The van der Waals surface area contributed by atoms with Gasteiger partial charge in [-0.2, -0.15) is 0 Å². The van der Waals surface area contributed by atoms with Gasteiger partial charge in [0.1, 0.15) is 6.26 Å². The van der Waals surface area contributed by atoms with Crippen LogP contribution >= 0.6 is 0 Å². The molecule has 84 valence electrons. The van der Waals surface area contributed by atoms with Crippen LogP contribution in [0.2, 0.25) is 0 Å². The van der Waals surface area contributed by atoms with Gasteiger partial charge in [-0.15, -0.1) is 0 Å². The second-order valence-corrected chi connectivity index (χ2v) is 4.37. The van der Waals surface area contributed by atoms with Crippen molar-refractivity contribution in [2.75, 3.05) is 6.54 Å². The molecular formula is C11H19N3O. The number of aromatic nitrogens is 1. The molecule has 1 unspecified atom stereocenters.